The fraction of sp³-hybridized carbons (Fsp3) is 0.240. The van der Waals surface area contributed by atoms with Crippen LogP contribution >= 0.6 is 8.15 Å². The van der Waals surface area contributed by atoms with Crippen LogP contribution < -0.4 is 9.83 Å². The van der Waals surface area contributed by atoms with Crippen LogP contribution in [-0.4, -0.2) is 11.1 Å². The molecule has 0 amide bonds. The van der Waals surface area contributed by atoms with Gasteiger partial charge in [0.25, 0.3) is 0 Å². The van der Waals surface area contributed by atoms with Gasteiger partial charge in [0.15, 0.2) is 0 Å². The lowest BCUT2D eigenvalue weighted by molar-refractivity contribution is -0.136. The molecule has 0 heterocycles. The molecule has 0 saturated heterocycles. The summed E-state index contributed by atoms with van der Waals surface area (Å²) in [5, 5.41) is 11.4. The van der Waals surface area contributed by atoms with Crippen molar-refractivity contribution in [2.75, 3.05) is 0 Å². The minimum atomic E-state index is -1.04. The maximum absolute atomic E-state index is 11.2. The number of rotatable bonds is 7. The summed E-state index contributed by atoms with van der Waals surface area (Å²) in [6, 6.07) is 15.8. The van der Waals surface area contributed by atoms with Crippen LogP contribution in [0.2, 0.25) is 0 Å². The van der Waals surface area contributed by atoms with E-state index in [0.717, 1.165) is 27.5 Å². The second kappa shape index (κ2) is 11.4. The van der Waals surface area contributed by atoms with E-state index in [1.54, 1.807) is 0 Å². The van der Waals surface area contributed by atoms with Crippen LogP contribution in [0.15, 0.2) is 85.7 Å². The van der Waals surface area contributed by atoms with Gasteiger partial charge in [-0.3, -0.25) is 4.79 Å². The highest BCUT2D eigenvalue weighted by Gasteiger charge is 2.22. The van der Waals surface area contributed by atoms with Gasteiger partial charge in [-0.25, -0.2) is 0 Å². The highest BCUT2D eigenvalue weighted by atomic mass is 31.1. The fourth-order valence-electron chi connectivity index (χ4n) is 2.87. The molecule has 0 aliphatic heterocycles. The van der Waals surface area contributed by atoms with E-state index in [1.165, 1.54) is 0 Å². The van der Waals surface area contributed by atoms with Crippen LogP contribution in [0.5, 0.6) is 5.75 Å². The maximum Gasteiger partial charge on any atom is 0.307 e. The third-order valence-electron chi connectivity index (χ3n) is 4.16. The first-order valence-electron chi connectivity index (χ1n) is 9.43. The monoisotopic (exact) mass is 410 g/mol. The Kier molecular flexibility index (Phi) is 9.58. The number of carbonyl (C=O) groups is 1. The Morgan fingerprint density at radius 1 is 1.14 bits per heavy atom. The molecular formula is C25H31O3P. The van der Waals surface area contributed by atoms with Crippen molar-refractivity contribution in [1.82, 2.24) is 0 Å². The van der Waals surface area contributed by atoms with Gasteiger partial charge in [0.05, 0.1) is 6.42 Å². The molecule has 1 N–H and O–H groups in total. The van der Waals surface area contributed by atoms with Gasteiger partial charge < -0.3 is 9.63 Å². The number of allylic oxidation sites excluding steroid dienone is 3. The van der Waals surface area contributed by atoms with Gasteiger partial charge in [0, 0.05) is 10.6 Å². The SMILES string of the molecule is C=C.C=C/C(=C\C)P(Oc1ccc(CC(=O)O)c(C(C)(C)C)c1)c1ccccc1. The van der Waals surface area contributed by atoms with E-state index in [1.807, 2.05) is 55.5 Å². The summed E-state index contributed by atoms with van der Waals surface area (Å²) in [6.45, 7) is 18.2. The van der Waals surface area contributed by atoms with Crippen molar-refractivity contribution in [2.45, 2.75) is 39.5 Å². The van der Waals surface area contributed by atoms with Gasteiger partial charge in [0.2, 0.25) is 0 Å². The zero-order valence-electron chi connectivity index (χ0n) is 17.8. The normalized spacial score (nSPS) is 12.3. The Hall–Kier alpha value is -2.64. The van der Waals surface area contributed by atoms with Gasteiger partial charge in [-0.05, 0) is 35.6 Å². The predicted molar refractivity (Wildman–Crippen MR) is 125 cm³/mol. The van der Waals surface area contributed by atoms with Crippen molar-refractivity contribution in [1.29, 1.82) is 0 Å². The van der Waals surface area contributed by atoms with E-state index in [0.29, 0.717) is 0 Å². The summed E-state index contributed by atoms with van der Waals surface area (Å²) in [6.07, 6.45) is 3.87. The molecule has 1 unspecified atom stereocenters. The lowest BCUT2D eigenvalue weighted by Crippen LogP contribution is -2.16. The molecule has 0 saturated carbocycles. The van der Waals surface area contributed by atoms with Gasteiger partial charge in [0.1, 0.15) is 13.9 Å². The Morgan fingerprint density at radius 2 is 1.76 bits per heavy atom. The Balaban J connectivity index is 0.00000204. The molecule has 3 nitrogen and oxygen atoms in total. The maximum atomic E-state index is 11.2. The summed E-state index contributed by atoms with van der Waals surface area (Å²) in [7, 11) is -1.04. The lowest BCUT2D eigenvalue weighted by atomic mass is 9.83. The fourth-order valence-corrected chi connectivity index (χ4v) is 4.55. The second-order valence-corrected chi connectivity index (χ2v) is 9.08. The first kappa shape index (κ1) is 24.4. The summed E-state index contributed by atoms with van der Waals surface area (Å²) in [4.78, 5) is 11.2. The minimum absolute atomic E-state index is 0.00704. The molecule has 0 radical (unpaired) electrons. The van der Waals surface area contributed by atoms with E-state index >= 15 is 0 Å². The molecule has 0 fully saturated rings. The quantitative estimate of drug-likeness (QED) is 0.318. The number of aliphatic carboxylic acids is 1. The molecule has 2 aromatic rings. The molecule has 2 aromatic carbocycles. The van der Waals surface area contributed by atoms with E-state index in [4.69, 9.17) is 4.52 Å². The van der Waals surface area contributed by atoms with Gasteiger partial charge in [-0.1, -0.05) is 75.9 Å². The summed E-state index contributed by atoms with van der Waals surface area (Å²) < 4.78 is 6.42. The zero-order chi connectivity index (χ0) is 22.0. The van der Waals surface area contributed by atoms with Crippen molar-refractivity contribution in [2.24, 2.45) is 0 Å². The van der Waals surface area contributed by atoms with Crippen LogP contribution in [-0.2, 0) is 16.6 Å². The van der Waals surface area contributed by atoms with E-state index in [-0.39, 0.29) is 11.8 Å². The smallest absolute Gasteiger partial charge is 0.307 e. The Morgan fingerprint density at radius 3 is 2.24 bits per heavy atom. The van der Waals surface area contributed by atoms with Crippen molar-refractivity contribution in [3.63, 3.8) is 0 Å². The number of carboxylic acids is 1. The van der Waals surface area contributed by atoms with Crippen LogP contribution in [0.4, 0.5) is 0 Å². The molecule has 1 atom stereocenters. The Bertz CT molecular complexity index is 848. The van der Waals surface area contributed by atoms with Crippen molar-refractivity contribution >= 4 is 19.4 Å². The van der Waals surface area contributed by atoms with Crippen molar-refractivity contribution in [3.05, 3.63) is 96.9 Å². The molecule has 0 aliphatic carbocycles. The predicted octanol–water partition coefficient (Wildman–Crippen LogP) is 6.60. The third-order valence-corrected chi connectivity index (χ3v) is 6.23. The minimum Gasteiger partial charge on any atom is -0.481 e. The van der Waals surface area contributed by atoms with Crippen LogP contribution in [0, 0.1) is 0 Å². The number of hydrogen-bond acceptors (Lipinski definition) is 2. The lowest BCUT2D eigenvalue weighted by Gasteiger charge is -2.25. The number of carboxylic acid groups (broad SMARTS) is 1. The molecular weight excluding hydrogens is 379 g/mol. The largest absolute Gasteiger partial charge is 0.481 e. The third kappa shape index (κ3) is 7.03. The summed E-state index contributed by atoms with van der Waals surface area (Å²) in [5.41, 5.74) is 1.63. The average molecular weight is 410 g/mol. The second-order valence-electron chi connectivity index (χ2n) is 7.28. The van der Waals surface area contributed by atoms with Gasteiger partial charge in [-0.2, -0.15) is 0 Å². The first-order valence-corrected chi connectivity index (χ1v) is 10.7. The highest BCUT2D eigenvalue weighted by molar-refractivity contribution is 7.65. The first-order chi connectivity index (χ1) is 13.8. The van der Waals surface area contributed by atoms with Crippen LogP contribution in [0.25, 0.3) is 0 Å². The van der Waals surface area contributed by atoms with E-state index < -0.39 is 14.1 Å². The molecule has 29 heavy (non-hydrogen) atoms. The molecule has 0 aromatic heterocycles. The topological polar surface area (TPSA) is 46.5 Å². The Labute approximate surface area is 176 Å². The van der Waals surface area contributed by atoms with Crippen molar-refractivity contribution in [3.8, 4) is 5.75 Å². The van der Waals surface area contributed by atoms with E-state index in [9.17, 15) is 9.90 Å². The number of benzene rings is 2. The molecule has 0 bridgehead atoms. The van der Waals surface area contributed by atoms with E-state index in [2.05, 4.69) is 52.6 Å². The zero-order valence-corrected chi connectivity index (χ0v) is 18.7. The standard InChI is InChI=1S/C23H27O3P.C2H4/c1-6-19(7-2)27(20-11-9-8-10-12-20)26-18-14-13-17(15-22(24)25)21(16-18)23(3,4)5;1-2/h6-14,16H,1,15H2,2-5H3,(H,24,25);1-2H2/b19-7+;. The highest BCUT2D eigenvalue weighted by Crippen LogP contribution is 2.46. The molecule has 154 valence electrons. The van der Waals surface area contributed by atoms with Gasteiger partial charge >= 0.3 is 5.97 Å². The molecule has 4 heteroatoms. The molecule has 2 rings (SSSR count). The van der Waals surface area contributed by atoms with Crippen LogP contribution in [0.3, 0.4) is 0 Å². The summed E-state index contributed by atoms with van der Waals surface area (Å²) >= 11 is 0. The average Bonchev–Trinajstić information content (AvgIpc) is 2.70. The van der Waals surface area contributed by atoms with Crippen molar-refractivity contribution < 1.29 is 14.4 Å². The molecule has 0 aliphatic rings. The number of hydrogen-bond donors (Lipinski definition) is 1. The summed E-state index contributed by atoms with van der Waals surface area (Å²) in [5.74, 6) is -0.0891. The molecule has 0 spiro atoms. The van der Waals surface area contributed by atoms with Gasteiger partial charge in [-0.15, -0.1) is 13.2 Å². The van der Waals surface area contributed by atoms with Crippen LogP contribution in [0.1, 0.15) is 38.8 Å².